The van der Waals surface area contributed by atoms with Gasteiger partial charge in [0, 0.05) is 10.0 Å². The van der Waals surface area contributed by atoms with Gasteiger partial charge in [-0.25, -0.2) is 8.78 Å². The number of rotatable bonds is 2. The minimum atomic E-state index is -0.459. The molecule has 0 aromatic heterocycles. The van der Waals surface area contributed by atoms with Crippen LogP contribution in [0, 0.1) is 11.6 Å². The van der Waals surface area contributed by atoms with Gasteiger partial charge in [0.1, 0.15) is 17.4 Å². The van der Waals surface area contributed by atoms with Crippen LogP contribution in [0.5, 0.6) is 5.75 Å². The van der Waals surface area contributed by atoms with Crippen LogP contribution < -0.4 is 10.1 Å². The van der Waals surface area contributed by atoms with Gasteiger partial charge in [0.2, 0.25) is 0 Å². The number of anilines is 1. The first-order valence-electron chi connectivity index (χ1n) is 6.77. The number of halogens is 3. The highest BCUT2D eigenvalue weighted by molar-refractivity contribution is 9.10. The Bertz CT molecular complexity index is 663. The highest BCUT2D eigenvalue weighted by Gasteiger charge is 2.21. The van der Waals surface area contributed by atoms with Crippen LogP contribution in [0.1, 0.15) is 24.4 Å². The van der Waals surface area contributed by atoms with Gasteiger partial charge < -0.3 is 10.1 Å². The highest BCUT2D eigenvalue weighted by Crippen LogP contribution is 2.36. The second-order valence-electron chi connectivity index (χ2n) is 4.99. The van der Waals surface area contributed by atoms with Crippen LogP contribution in [-0.4, -0.2) is 6.61 Å². The summed E-state index contributed by atoms with van der Waals surface area (Å²) in [6.07, 6.45) is 1.64. The van der Waals surface area contributed by atoms with Gasteiger partial charge in [-0.15, -0.1) is 0 Å². The zero-order valence-corrected chi connectivity index (χ0v) is 12.8. The number of benzene rings is 2. The predicted molar refractivity (Wildman–Crippen MR) is 81.6 cm³/mol. The van der Waals surface area contributed by atoms with E-state index < -0.39 is 11.6 Å². The zero-order valence-electron chi connectivity index (χ0n) is 11.2. The lowest BCUT2D eigenvalue weighted by atomic mass is 10.0. The maximum absolute atomic E-state index is 13.8. The Balaban J connectivity index is 1.94. The topological polar surface area (TPSA) is 21.3 Å². The van der Waals surface area contributed by atoms with Crippen molar-refractivity contribution in [3.63, 3.8) is 0 Å². The van der Waals surface area contributed by atoms with Gasteiger partial charge in [-0.05, 0) is 43.2 Å². The van der Waals surface area contributed by atoms with Crippen molar-refractivity contribution in [3.05, 3.63) is 58.1 Å². The van der Waals surface area contributed by atoms with E-state index in [-0.39, 0.29) is 11.7 Å². The normalized spacial score (nSPS) is 17.6. The first-order chi connectivity index (χ1) is 10.1. The number of hydrogen-bond donors (Lipinski definition) is 1. The fourth-order valence-electron chi connectivity index (χ4n) is 2.49. The fraction of sp³-hybridized carbons (Fsp3) is 0.250. The molecule has 0 saturated carbocycles. The molecule has 1 aliphatic heterocycles. The van der Waals surface area contributed by atoms with E-state index in [1.54, 1.807) is 0 Å². The van der Waals surface area contributed by atoms with Crippen LogP contribution in [-0.2, 0) is 0 Å². The van der Waals surface area contributed by atoms with Crippen molar-refractivity contribution in [2.45, 2.75) is 18.9 Å². The largest absolute Gasteiger partial charge is 0.493 e. The van der Waals surface area contributed by atoms with Crippen molar-refractivity contribution in [2.24, 2.45) is 0 Å². The molecule has 2 aromatic rings. The maximum Gasteiger partial charge on any atom is 0.146 e. The summed E-state index contributed by atoms with van der Waals surface area (Å²) in [5, 5.41) is 3.10. The third-order valence-corrected chi connectivity index (χ3v) is 4.00. The molecular weight excluding hydrogens is 340 g/mol. The Morgan fingerprint density at radius 2 is 2.00 bits per heavy atom. The molecule has 0 amide bonds. The van der Waals surface area contributed by atoms with Crippen LogP contribution >= 0.6 is 15.9 Å². The molecule has 21 heavy (non-hydrogen) atoms. The molecule has 0 fully saturated rings. The lowest BCUT2D eigenvalue weighted by Crippen LogP contribution is -2.11. The van der Waals surface area contributed by atoms with E-state index in [1.165, 1.54) is 6.07 Å². The fourth-order valence-corrected chi connectivity index (χ4v) is 2.83. The summed E-state index contributed by atoms with van der Waals surface area (Å²) in [4.78, 5) is 0. The van der Waals surface area contributed by atoms with Crippen molar-refractivity contribution in [2.75, 3.05) is 11.9 Å². The monoisotopic (exact) mass is 353 g/mol. The van der Waals surface area contributed by atoms with Crippen LogP contribution in [0.15, 0.2) is 40.9 Å². The van der Waals surface area contributed by atoms with Crippen LogP contribution in [0.3, 0.4) is 0 Å². The first kappa shape index (κ1) is 14.3. The van der Waals surface area contributed by atoms with E-state index in [1.807, 2.05) is 18.2 Å². The molecule has 0 bridgehead atoms. The molecule has 0 radical (unpaired) electrons. The molecule has 1 unspecified atom stereocenters. The molecule has 5 heteroatoms. The van der Waals surface area contributed by atoms with Gasteiger partial charge in [0.25, 0.3) is 0 Å². The Labute approximate surface area is 130 Å². The smallest absolute Gasteiger partial charge is 0.146 e. The number of ether oxygens (including phenoxy) is 1. The van der Waals surface area contributed by atoms with E-state index in [4.69, 9.17) is 4.74 Å². The Kier molecular flexibility index (Phi) is 4.10. The van der Waals surface area contributed by atoms with Gasteiger partial charge in [0.05, 0.1) is 18.3 Å². The van der Waals surface area contributed by atoms with Crippen LogP contribution in [0.25, 0.3) is 0 Å². The molecule has 0 spiro atoms. The van der Waals surface area contributed by atoms with Crippen molar-refractivity contribution in [1.29, 1.82) is 0 Å². The molecule has 110 valence electrons. The van der Waals surface area contributed by atoms with E-state index in [0.717, 1.165) is 40.8 Å². The molecule has 1 atom stereocenters. The zero-order chi connectivity index (χ0) is 14.8. The lowest BCUT2D eigenvalue weighted by molar-refractivity contribution is 0.316. The molecule has 3 rings (SSSR count). The molecule has 1 N–H and O–H groups in total. The maximum atomic E-state index is 13.8. The molecule has 2 nitrogen and oxygen atoms in total. The van der Waals surface area contributed by atoms with Gasteiger partial charge in [0.15, 0.2) is 0 Å². The van der Waals surface area contributed by atoms with Crippen molar-refractivity contribution < 1.29 is 13.5 Å². The second kappa shape index (κ2) is 6.02. The Morgan fingerprint density at radius 1 is 1.14 bits per heavy atom. The predicted octanol–water partition coefficient (Wildman–Crippen LogP) is 5.05. The number of hydrogen-bond acceptors (Lipinski definition) is 2. The summed E-state index contributed by atoms with van der Waals surface area (Å²) in [6.45, 7) is 0.618. The van der Waals surface area contributed by atoms with Crippen molar-refractivity contribution >= 4 is 21.6 Å². The van der Waals surface area contributed by atoms with E-state index >= 15 is 0 Å². The average molecular weight is 354 g/mol. The first-order valence-corrected chi connectivity index (χ1v) is 7.56. The summed E-state index contributed by atoms with van der Waals surface area (Å²) in [5.74, 6) is -0.142. The second-order valence-corrected chi connectivity index (χ2v) is 5.91. The summed E-state index contributed by atoms with van der Waals surface area (Å²) in [5.41, 5.74) is 1.13. The third kappa shape index (κ3) is 3.18. The highest BCUT2D eigenvalue weighted by atomic mass is 79.9. The number of nitrogens with one attached hydrogen (secondary N) is 1. The Hall–Kier alpha value is -1.62. The average Bonchev–Trinajstić information content (AvgIpc) is 2.65. The van der Waals surface area contributed by atoms with Crippen LogP contribution in [0.4, 0.5) is 14.5 Å². The summed E-state index contributed by atoms with van der Waals surface area (Å²) in [7, 11) is 0. The van der Waals surface area contributed by atoms with E-state index in [9.17, 15) is 8.78 Å². The molecule has 2 aromatic carbocycles. The summed E-state index contributed by atoms with van der Waals surface area (Å²) < 4.78 is 33.7. The van der Waals surface area contributed by atoms with Crippen LogP contribution in [0.2, 0.25) is 0 Å². The molecule has 0 aliphatic carbocycles. The minimum Gasteiger partial charge on any atom is -0.493 e. The summed E-state index contributed by atoms with van der Waals surface area (Å²) in [6, 6.07) is 9.09. The molecule has 1 aliphatic rings. The molecule has 1 heterocycles. The number of fused-ring (bicyclic) bond motifs is 1. The van der Waals surface area contributed by atoms with Gasteiger partial charge in [-0.2, -0.15) is 0 Å². The molecular formula is C16H14BrF2NO. The minimum absolute atomic E-state index is 0.105. The summed E-state index contributed by atoms with van der Waals surface area (Å²) >= 11 is 3.41. The van der Waals surface area contributed by atoms with Gasteiger partial charge in [-0.3, -0.25) is 0 Å². The van der Waals surface area contributed by atoms with E-state index in [0.29, 0.717) is 6.61 Å². The lowest BCUT2D eigenvalue weighted by Gasteiger charge is -2.20. The quantitative estimate of drug-likeness (QED) is 0.815. The third-order valence-electron chi connectivity index (χ3n) is 3.50. The Morgan fingerprint density at radius 3 is 2.86 bits per heavy atom. The standard InChI is InChI=1S/C16H14BrF2NO/c17-10-3-5-12-14(2-1-7-21-16(12)8-10)20-15-9-11(18)4-6-13(15)19/h3-6,8-9,14,20H,1-2,7H2. The van der Waals surface area contributed by atoms with E-state index in [2.05, 4.69) is 21.2 Å². The SMILES string of the molecule is Fc1ccc(F)c(NC2CCCOc3cc(Br)ccc32)c1. The van der Waals surface area contributed by atoms with Crippen molar-refractivity contribution in [1.82, 2.24) is 0 Å². The van der Waals surface area contributed by atoms with Gasteiger partial charge >= 0.3 is 0 Å². The van der Waals surface area contributed by atoms with Gasteiger partial charge in [-0.1, -0.05) is 22.0 Å². The van der Waals surface area contributed by atoms with Crippen molar-refractivity contribution in [3.8, 4) is 5.75 Å². The molecule has 0 saturated heterocycles.